The van der Waals surface area contributed by atoms with Crippen molar-refractivity contribution in [3.05, 3.63) is 42.2 Å². The van der Waals surface area contributed by atoms with Gasteiger partial charge in [0.25, 0.3) is 0 Å². The van der Waals surface area contributed by atoms with Gasteiger partial charge < -0.3 is 10.6 Å². The van der Waals surface area contributed by atoms with Crippen LogP contribution < -0.4 is 10.6 Å². The van der Waals surface area contributed by atoms with Crippen LogP contribution in [0.25, 0.3) is 5.69 Å². The summed E-state index contributed by atoms with van der Waals surface area (Å²) in [7, 11) is 0. The van der Waals surface area contributed by atoms with E-state index >= 15 is 0 Å². The highest BCUT2D eigenvalue weighted by atomic mass is 35.5. The molecule has 0 bridgehead atoms. The van der Waals surface area contributed by atoms with Crippen LogP contribution >= 0.6 is 12.4 Å². The van der Waals surface area contributed by atoms with Crippen LogP contribution in [0.1, 0.15) is 37.9 Å². The number of nitrogens with zero attached hydrogens (tertiary/aromatic N) is 3. The highest BCUT2D eigenvalue weighted by Gasteiger charge is 2.18. The van der Waals surface area contributed by atoms with Gasteiger partial charge in [-0.2, -0.15) is 0 Å². The molecular weight excluding hydrogens is 326 g/mol. The van der Waals surface area contributed by atoms with Crippen LogP contribution in [0.15, 0.2) is 36.5 Å². The number of nitrogens with one attached hydrogen (secondary N) is 2. The fraction of sp³-hybridized carbons (Fsp3) is 0.471. The summed E-state index contributed by atoms with van der Waals surface area (Å²) in [5.74, 6) is 0.716. The Morgan fingerprint density at radius 2 is 2.21 bits per heavy atom. The molecule has 2 unspecified atom stereocenters. The number of hydrogen-bond donors (Lipinski definition) is 2. The first-order valence-electron chi connectivity index (χ1n) is 8.20. The normalized spacial score (nSPS) is 18.0. The third-order valence-corrected chi connectivity index (χ3v) is 4.30. The van der Waals surface area contributed by atoms with Gasteiger partial charge in [-0.3, -0.25) is 4.79 Å². The fourth-order valence-corrected chi connectivity index (χ4v) is 2.87. The zero-order chi connectivity index (χ0) is 16.1. The van der Waals surface area contributed by atoms with Gasteiger partial charge in [0.2, 0.25) is 5.91 Å². The molecule has 0 aliphatic carbocycles. The number of aromatic nitrogens is 3. The average Bonchev–Trinajstić information content (AvgIpc) is 3.25. The van der Waals surface area contributed by atoms with Crippen LogP contribution in [0.2, 0.25) is 0 Å². The second kappa shape index (κ2) is 8.80. The van der Waals surface area contributed by atoms with E-state index in [1.165, 1.54) is 6.42 Å². The van der Waals surface area contributed by atoms with Crippen LogP contribution in [0.5, 0.6) is 0 Å². The molecule has 3 rings (SSSR count). The number of amides is 1. The van der Waals surface area contributed by atoms with Crippen molar-refractivity contribution in [1.29, 1.82) is 0 Å². The van der Waals surface area contributed by atoms with Gasteiger partial charge in [0.05, 0.1) is 17.9 Å². The number of hydrogen-bond acceptors (Lipinski definition) is 4. The standard InChI is InChI=1S/C17H23N5O.ClH/c1-13(19-17(23)8-7-14-9-10-18-11-14)16-12-22(21-20-16)15-5-3-2-4-6-15;/h2-6,12-14,18H,7-11H2,1H3,(H,19,23);1H. The number of carbonyl (C=O) groups excluding carboxylic acids is 1. The molecule has 1 amide bonds. The third kappa shape index (κ3) is 4.79. The van der Waals surface area contributed by atoms with Crippen LogP contribution in [-0.2, 0) is 4.79 Å². The third-order valence-electron chi connectivity index (χ3n) is 4.30. The van der Waals surface area contributed by atoms with Gasteiger partial charge in [0.15, 0.2) is 0 Å². The summed E-state index contributed by atoms with van der Waals surface area (Å²) in [5, 5.41) is 14.6. The molecule has 7 heteroatoms. The molecule has 6 nitrogen and oxygen atoms in total. The van der Waals surface area contributed by atoms with E-state index in [0.717, 1.165) is 30.9 Å². The SMILES string of the molecule is CC(NC(=O)CCC1CCNC1)c1cn(-c2ccccc2)nn1.Cl. The minimum absolute atomic E-state index is 0. The minimum atomic E-state index is -0.137. The highest BCUT2D eigenvalue weighted by Crippen LogP contribution is 2.16. The van der Waals surface area contributed by atoms with Crippen molar-refractivity contribution in [2.75, 3.05) is 13.1 Å². The van der Waals surface area contributed by atoms with E-state index in [4.69, 9.17) is 0 Å². The van der Waals surface area contributed by atoms with E-state index < -0.39 is 0 Å². The lowest BCUT2D eigenvalue weighted by Crippen LogP contribution is -2.27. The van der Waals surface area contributed by atoms with Crippen molar-refractivity contribution >= 4 is 18.3 Å². The van der Waals surface area contributed by atoms with E-state index in [1.807, 2.05) is 43.5 Å². The first-order chi connectivity index (χ1) is 11.2. The molecule has 1 saturated heterocycles. The molecule has 1 aromatic heterocycles. The summed E-state index contributed by atoms with van der Waals surface area (Å²) >= 11 is 0. The topological polar surface area (TPSA) is 71.8 Å². The first kappa shape index (κ1) is 18.4. The Bertz CT molecular complexity index is 639. The molecule has 1 aliphatic rings. The second-order valence-corrected chi connectivity index (χ2v) is 6.11. The first-order valence-corrected chi connectivity index (χ1v) is 8.20. The quantitative estimate of drug-likeness (QED) is 0.839. The Morgan fingerprint density at radius 1 is 1.42 bits per heavy atom. The number of benzene rings is 1. The van der Waals surface area contributed by atoms with E-state index in [0.29, 0.717) is 12.3 Å². The molecule has 0 radical (unpaired) electrons. The summed E-state index contributed by atoms with van der Waals surface area (Å²) in [4.78, 5) is 12.1. The van der Waals surface area contributed by atoms with Crippen molar-refractivity contribution in [2.24, 2.45) is 5.92 Å². The van der Waals surface area contributed by atoms with Crippen molar-refractivity contribution in [2.45, 2.75) is 32.2 Å². The summed E-state index contributed by atoms with van der Waals surface area (Å²) in [6, 6.07) is 9.68. The van der Waals surface area contributed by atoms with Gasteiger partial charge >= 0.3 is 0 Å². The molecular formula is C17H24ClN5O. The van der Waals surface area contributed by atoms with Crippen LogP contribution in [0, 0.1) is 5.92 Å². The van der Waals surface area contributed by atoms with Gasteiger partial charge in [0, 0.05) is 6.42 Å². The fourth-order valence-electron chi connectivity index (χ4n) is 2.87. The number of para-hydroxylation sites is 1. The minimum Gasteiger partial charge on any atom is -0.348 e. The van der Waals surface area contributed by atoms with Gasteiger partial charge in [-0.25, -0.2) is 4.68 Å². The maximum atomic E-state index is 12.1. The van der Waals surface area contributed by atoms with E-state index in [-0.39, 0.29) is 24.4 Å². The Kier molecular flexibility index (Phi) is 6.75. The van der Waals surface area contributed by atoms with Gasteiger partial charge in [-0.1, -0.05) is 23.4 Å². The Balaban J connectivity index is 0.00000208. The molecule has 24 heavy (non-hydrogen) atoms. The van der Waals surface area contributed by atoms with Gasteiger partial charge in [-0.05, 0) is 50.9 Å². The monoisotopic (exact) mass is 349 g/mol. The van der Waals surface area contributed by atoms with E-state index in [2.05, 4.69) is 20.9 Å². The largest absolute Gasteiger partial charge is 0.348 e. The zero-order valence-electron chi connectivity index (χ0n) is 13.8. The predicted molar refractivity (Wildman–Crippen MR) is 95.4 cm³/mol. The lowest BCUT2D eigenvalue weighted by atomic mass is 10.0. The molecule has 2 heterocycles. The average molecular weight is 350 g/mol. The van der Waals surface area contributed by atoms with Crippen LogP contribution in [-0.4, -0.2) is 34.0 Å². The van der Waals surface area contributed by atoms with Gasteiger partial charge in [-0.15, -0.1) is 17.5 Å². The Labute approximate surface area is 148 Å². The van der Waals surface area contributed by atoms with Crippen molar-refractivity contribution in [3.8, 4) is 5.69 Å². The number of carbonyl (C=O) groups is 1. The molecule has 2 aromatic rings. The maximum absolute atomic E-state index is 12.1. The Hall–Kier alpha value is -1.92. The summed E-state index contributed by atoms with van der Waals surface area (Å²) in [6.45, 7) is 4.05. The molecule has 0 saturated carbocycles. The van der Waals surface area contributed by atoms with Gasteiger partial charge in [0.1, 0.15) is 5.69 Å². The molecule has 130 valence electrons. The number of rotatable bonds is 6. The van der Waals surface area contributed by atoms with Crippen molar-refractivity contribution < 1.29 is 4.79 Å². The van der Waals surface area contributed by atoms with Crippen molar-refractivity contribution in [1.82, 2.24) is 25.6 Å². The van der Waals surface area contributed by atoms with Crippen LogP contribution in [0.4, 0.5) is 0 Å². The molecule has 0 spiro atoms. The lowest BCUT2D eigenvalue weighted by Gasteiger charge is -2.12. The lowest BCUT2D eigenvalue weighted by molar-refractivity contribution is -0.122. The Morgan fingerprint density at radius 3 is 2.92 bits per heavy atom. The summed E-state index contributed by atoms with van der Waals surface area (Å²) in [5.41, 5.74) is 1.73. The highest BCUT2D eigenvalue weighted by molar-refractivity contribution is 5.85. The molecule has 1 aromatic carbocycles. The second-order valence-electron chi connectivity index (χ2n) is 6.11. The summed E-state index contributed by atoms with van der Waals surface area (Å²) < 4.78 is 1.72. The predicted octanol–water partition coefficient (Wildman–Crippen LogP) is 2.26. The zero-order valence-corrected chi connectivity index (χ0v) is 14.6. The molecule has 1 fully saturated rings. The van der Waals surface area contributed by atoms with Crippen LogP contribution in [0.3, 0.4) is 0 Å². The maximum Gasteiger partial charge on any atom is 0.220 e. The molecule has 1 aliphatic heterocycles. The summed E-state index contributed by atoms with van der Waals surface area (Å²) in [6.07, 6.45) is 4.56. The smallest absolute Gasteiger partial charge is 0.220 e. The molecule has 2 N–H and O–H groups in total. The molecule has 2 atom stereocenters. The van der Waals surface area contributed by atoms with E-state index in [9.17, 15) is 4.79 Å². The number of halogens is 1. The van der Waals surface area contributed by atoms with Crippen molar-refractivity contribution in [3.63, 3.8) is 0 Å². The van der Waals surface area contributed by atoms with E-state index in [1.54, 1.807) is 4.68 Å².